The van der Waals surface area contributed by atoms with Crippen molar-refractivity contribution in [3.63, 3.8) is 0 Å². The van der Waals surface area contributed by atoms with E-state index in [2.05, 4.69) is 5.43 Å². The van der Waals surface area contributed by atoms with Crippen LogP contribution in [0.15, 0.2) is 29.2 Å². The van der Waals surface area contributed by atoms with Crippen LogP contribution >= 0.6 is 11.8 Å². The van der Waals surface area contributed by atoms with Gasteiger partial charge in [0.25, 0.3) is 0 Å². The van der Waals surface area contributed by atoms with E-state index >= 15 is 0 Å². The van der Waals surface area contributed by atoms with Gasteiger partial charge in [-0.3, -0.25) is 10.2 Å². The quantitative estimate of drug-likeness (QED) is 0.396. The molecule has 13 heavy (non-hydrogen) atoms. The Balaban J connectivity index is 2.33. The number of amides is 1. The van der Waals surface area contributed by atoms with E-state index in [1.165, 1.54) is 4.90 Å². The summed E-state index contributed by atoms with van der Waals surface area (Å²) in [5.74, 6) is 5.72. The first-order valence-electron chi connectivity index (χ1n) is 4.05. The summed E-state index contributed by atoms with van der Waals surface area (Å²) in [6.07, 6.45) is 0. The first kappa shape index (κ1) is 8.59. The van der Waals surface area contributed by atoms with Crippen LogP contribution in [0.25, 0.3) is 0 Å². The third-order valence-electron chi connectivity index (χ3n) is 2.16. The Labute approximate surface area is 80.7 Å². The number of rotatable bonds is 1. The number of hydrogen-bond donors (Lipinski definition) is 2. The van der Waals surface area contributed by atoms with Crippen molar-refractivity contribution in [1.29, 1.82) is 0 Å². The van der Waals surface area contributed by atoms with Gasteiger partial charge in [0.15, 0.2) is 0 Å². The molecule has 1 amide bonds. The van der Waals surface area contributed by atoms with Gasteiger partial charge in [0.05, 0.1) is 5.92 Å². The second kappa shape index (κ2) is 3.40. The summed E-state index contributed by atoms with van der Waals surface area (Å²) in [5, 5.41) is 0. The van der Waals surface area contributed by atoms with E-state index in [4.69, 9.17) is 5.84 Å². The number of hydrazine groups is 1. The van der Waals surface area contributed by atoms with Crippen LogP contribution in [0.4, 0.5) is 0 Å². The van der Waals surface area contributed by atoms with Crippen LogP contribution < -0.4 is 11.3 Å². The summed E-state index contributed by atoms with van der Waals surface area (Å²) in [5.41, 5.74) is 3.29. The second-order valence-corrected chi connectivity index (χ2v) is 3.97. The topological polar surface area (TPSA) is 55.1 Å². The van der Waals surface area contributed by atoms with E-state index in [0.29, 0.717) is 0 Å². The monoisotopic (exact) mass is 194 g/mol. The number of hydrogen-bond acceptors (Lipinski definition) is 3. The third-order valence-corrected chi connectivity index (χ3v) is 3.34. The first-order valence-corrected chi connectivity index (χ1v) is 5.03. The fraction of sp³-hybridized carbons (Fsp3) is 0.222. The van der Waals surface area contributed by atoms with Crippen LogP contribution in [-0.4, -0.2) is 11.7 Å². The van der Waals surface area contributed by atoms with Gasteiger partial charge in [0.1, 0.15) is 0 Å². The van der Waals surface area contributed by atoms with Gasteiger partial charge in [-0.15, -0.1) is 11.8 Å². The molecule has 1 aromatic rings. The van der Waals surface area contributed by atoms with Crippen molar-refractivity contribution in [2.75, 3.05) is 5.75 Å². The Morgan fingerprint density at radius 3 is 3.08 bits per heavy atom. The summed E-state index contributed by atoms with van der Waals surface area (Å²) >= 11 is 1.70. The molecule has 1 unspecified atom stereocenters. The average molecular weight is 194 g/mol. The summed E-state index contributed by atoms with van der Waals surface area (Å²) < 4.78 is 0. The molecule has 0 saturated carbocycles. The molecule has 0 bridgehead atoms. The van der Waals surface area contributed by atoms with Crippen LogP contribution in [0.5, 0.6) is 0 Å². The predicted octanol–water partition coefficient (Wildman–Crippen LogP) is 0.866. The van der Waals surface area contributed by atoms with Crippen molar-refractivity contribution in [3.05, 3.63) is 29.8 Å². The number of fused-ring (bicyclic) bond motifs is 1. The van der Waals surface area contributed by atoms with Crippen molar-refractivity contribution in [3.8, 4) is 0 Å². The standard InChI is InChI=1S/C9H10N2OS/c10-11-9(12)7-5-13-8-4-2-1-3-6(7)8/h1-4,7H,5,10H2,(H,11,12). The van der Waals surface area contributed by atoms with Crippen molar-refractivity contribution >= 4 is 17.7 Å². The van der Waals surface area contributed by atoms with Gasteiger partial charge < -0.3 is 0 Å². The molecule has 1 aliphatic rings. The van der Waals surface area contributed by atoms with Crippen LogP contribution in [0.2, 0.25) is 0 Å². The van der Waals surface area contributed by atoms with Gasteiger partial charge >= 0.3 is 0 Å². The molecule has 0 fully saturated rings. The highest BCUT2D eigenvalue weighted by molar-refractivity contribution is 7.99. The normalized spacial score (nSPS) is 19.6. The molecule has 1 aliphatic heterocycles. The van der Waals surface area contributed by atoms with E-state index in [-0.39, 0.29) is 11.8 Å². The maximum Gasteiger partial charge on any atom is 0.242 e. The van der Waals surface area contributed by atoms with E-state index in [1.54, 1.807) is 11.8 Å². The van der Waals surface area contributed by atoms with E-state index in [1.807, 2.05) is 24.3 Å². The van der Waals surface area contributed by atoms with Crippen molar-refractivity contribution < 1.29 is 4.79 Å². The van der Waals surface area contributed by atoms with Gasteiger partial charge in [-0.25, -0.2) is 5.84 Å². The summed E-state index contributed by atoms with van der Waals surface area (Å²) in [4.78, 5) is 12.5. The molecule has 4 heteroatoms. The van der Waals surface area contributed by atoms with E-state index < -0.39 is 0 Å². The molecule has 68 valence electrons. The van der Waals surface area contributed by atoms with Crippen molar-refractivity contribution in [1.82, 2.24) is 5.43 Å². The van der Waals surface area contributed by atoms with Crippen molar-refractivity contribution in [2.45, 2.75) is 10.8 Å². The van der Waals surface area contributed by atoms with Gasteiger partial charge in [0, 0.05) is 10.6 Å². The molecular weight excluding hydrogens is 184 g/mol. The zero-order valence-electron chi connectivity index (χ0n) is 6.99. The molecule has 0 spiro atoms. The number of nitrogens with two attached hydrogens (primary N) is 1. The second-order valence-electron chi connectivity index (χ2n) is 2.91. The molecule has 3 nitrogen and oxygen atoms in total. The summed E-state index contributed by atoms with van der Waals surface area (Å²) in [6, 6.07) is 7.94. The van der Waals surface area contributed by atoms with Gasteiger partial charge in [-0.2, -0.15) is 0 Å². The van der Waals surface area contributed by atoms with E-state index in [0.717, 1.165) is 11.3 Å². The maximum atomic E-state index is 11.3. The number of benzene rings is 1. The minimum atomic E-state index is -0.0996. The third kappa shape index (κ3) is 1.43. The summed E-state index contributed by atoms with van der Waals surface area (Å²) in [6.45, 7) is 0. The average Bonchev–Trinajstić information content (AvgIpc) is 2.60. The molecule has 1 atom stereocenters. The first-order chi connectivity index (χ1) is 6.33. The Morgan fingerprint density at radius 2 is 2.31 bits per heavy atom. The minimum Gasteiger partial charge on any atom is -0.294 e. The van der Waals surface area contributed by atoms with Crippen LogP contribution in [0.3, 0.4) is 0 Å². The lowest BCUT2D eigenvalue weighted by molar-refractivity contribution is -0.122. The van der Waals surface area contributed by atoms with Gasteiger partial charge in [0.2, 0.25) is 5.91 Å². The van der Waals surface area contributed by atoms with Crippen LogP contribution in [-0.2, 0) is 4.79 Å². The fourth-order valence-corrected chi connectivity index (χ4v) is 2.71. The molecule has 3 N–H and O–H groups in total. The molecule has 0 saturated heterocycles. The molecule has 0 radical (unpaired) electrons. The lowest BCUT2D eigenvalue weighted by atomic mass is 10.0. The lowest BCUT2D eigenvalue weighted by Gasteiger charge is -2.07. The Bertz CT molecular complexity index is 340. The number of carbonyl (C=O) groups excluding carboxylic acids is 1. The van der Waals surface area contributed by atoms with Crippen LogP contribution in [0, 0.1) is 0 Å². The zero-order valence-corrected chi connectivity index (χ0v) is 7.80. The maximum absolute atomic E-state index is 11.3. The smallest absolute Gasteiger partial charge is 0.242 e. The van der Waals surface area contributed by atoms with E-state index in [9.17, 15) is 4.79 Å². The number of carbonyl (C=O) groups is 1. The largest absolute Gasteiger partial charge is 0.294 e. The zero-order chi connectivity index (χ0) is 9.26. The molecular formula is C9H10N2OS. The number of nitrogens with one attached hydrogen (secondary N) is 1. The fourth-order valence-electron chi connectivity index (χ4n) is 1.48. The Morgan fingerprint density at radius 1 is 1.54 bits per heavy atom. The van der Waals surface area contributed by atoms with Gasteiger partial charge in [-0.05, 0) is 11.6 Å². The minimum absolute atomic E-state index is 0.0776. The molecule has 2 rings (SSSR count). The molecule has 0 aliphatic carbocycles. The highest BCUT2D eigenvalue weighted by atomic mass is 32.2. The Kier molecular flexibility index (Phi) is 2.24. The Hall–Kier alpha value is -1.00. The molecule has 1 aromatic carbocycles. The predicted molar refractivity (Wildman–Crippen MR) is 52.2 cm³/mol. The SMILES string of the molecule is NNC(=O)C1CSc2ccccc21. The lowest BCUT2D eigenvalue weighted by Crippen LogP contribution is -2.34. The van der Waals surface area contributed by atoms with Gasteiger partial charge in [-0.1, -0.05) is 18.2 Å². The highest BCUT2D eigenvalue weighted by Gasteiger charge is 2.28. The summed E-state index contributed by atoms with van der Waals surface area (Å²) in [7, 11) is 0. The molecule has 0 aromatic heterocycles. The molecule has 1 heterocycles. The number of thioether (sulfide) groups is 1. The van der Waals surface area contributed by atoms with Crippen molar-refractivity contribution in [2.24, 2.45) is 5.84 Å². The highest BCUT2D eigenvalue weighted by Crippen LogP contribution is 2.39. The van der Waals surface area contributed by atoms with Crippen LogP contribution in [0.1, 0.15) is 11.5 Å².